The normalized spacial score (nSPS) is 12.2. The van der Waals surface area contributed by atoms with E-state index in [9.17, 15) is 24.2 Å². The van der Waals surface area contributed by atoms with Gasteiger partial charge in [0.25, 0.3) is 5.91 Å². The van der Waals surface area contributed by atoms with Crippen molar-refractivity contribution in [3.05, 3.63) is 83.3 Å². The number of methoxy groups -OCH3 is 1. The summed E-state index contributed by atoms with van der Waals surface area (Å²) >= 11 is 0. The summed E-state index contributed by atoms with van der Waals surface area (Å²) in [6.45, 7) is 3.32. The molecule has 0 radical (unpaired) electrons. The van der Waals surface area contributed by atoms with Crippen molar-refractivity contribution in [2.24, 2.45) is 0 Å². The monoisotopic (exact) mass is 452 g/mol. The first kappa shape index (κ1) is 23.9. The molecule has 1 aromatic heterocycles. The summed E-state index contributed by atoms with van der Waals surface area (Å²) < 4.78 is 19.7. The quantitative estimate of drug-likeness (QED) is 0.475. The Morgan fingerprint density at radius 2 is 1.85 bits per heavy atom. The van der Waals surface area contributed by atoms with Gasteiger partial charge in [-0.05, 0) is 43.7 Å². The van der Waals surface area contributed by atoms with Gasteiger partial charge in [-0.1, -0.05) is 36.4 Å². The predicted molar refractivity (Wildman–Crippen MR) is 120 cm³/mol. The molecule has 0 saturated carbocycles. The molecule has 3 aromatic rings. The molecule has 7 nitrogen and oxygen atoms in total. The van der Waals surface area contributed by atoms with Crippen LogP contribution in [0.5, 0.6) is 5.75 Å². The SMILES string of the molecule is COc1ccc(C(=O)N[C@@H](CC(=O)O)c2ccccc2F)nc1-c1cccc(C(C)(C)O)c1. The van der Waals surface area contributed by atoms with E-state index in [0.717, 1.165) is 0 Å². The third-order valence-corrected chi connectivity index (χ3v) is 5.12. The first-order valence-corrected chi connectivity index (χ1v) is 10.3. The first-order valence-electron chi connectivity index (χ1n) is 10.3. The van der Waals surface area contributed by atoms with Crippen molar-refractivity contribution in [1.82, 2.24) is 10.3 Å². The van der Waals surface area contributed by atoms with Gasteiger partial charge in [0.15, 0.2) is 0 Å². The Morgan fingerprint density at radius 1 is 1.12 bits per heavy atom. The van der Waals surface area contributed by atoms with Crippen molar-refractivity contribution in [2.45, 2.75) is 31.9 Å². The van der Waals surface area contributed by atoms with Crippen molar-refractivity contribution in [2.75, 3.05) is 7.11 Å². The molecule has 1 heterocycles. The number of aliphatic carboxylic acids is 1. The summed E-state index contributed by atoms with van der Waals surface area (Å²) in [6.07, 6.45) is -0.497. The van der Waals surface area contributed by atoms with E-state index < -0.39 is 35.8 Å². The zero-order valence-corrected chi connectivity index (χ0v) is 18.5. The lowest BCUT2D eigenvalue weighted by atomic mass is 9.95. The van der Waals surface area contributed by atoms with Crippen LogP contribution in [0.15, 0.2) is 60.7 Å². The first-order chi connectivity index (χ1) is 15.6. The van der Waals surface area contributed by atoms with E-state index in [1.54, 1.807) is 50.2 Å². The van der Waals surface area contributed by atoms with Crippen molar-refractivity contribution in [1.29, 1.82) is 0 Å². The minimum Gasteiger partial charge on any atom is -0.494 e. The Hall–Kier alpha value is -3.78. The van der Waals surface area contributed by atoms with Crippen LogP contribution in [0.3, 0.4) is 0 Å². The maximum Gasteiger partial charge on any atom is 0.305 e. The van der Waals surface area contributed by atoms with Crippen molar-refractivity contribution >= 4 is 11.9 Å². The third-order valence-electron chi connectivity index (χ3n) is 5.12. The number of nitrogens with zero attached hydrogens (tertiary/aromatic N) is 1. The third kappa shape index (κ3) is 5.72. The summed E-state index contributed by atoms with van der Waals surface area (Å²) in [7, 11) is 1.47. The second-order valence-electron chi connectivity index (χ2n) is 8.03. The average molecular weight is 452 g/mol. The lowest BCUT2D eigenvalue weighted by molar-refractivity contribution is -0.137. The fourth-order valence-corrected chi connectivity index (χ4v) is 3.39. The topological polar surface area (TPSA) is 109 Å². The van der Waals surface area contributed by atoms with Gasteiger partial charge in [0, 0.05) is 11.1 Å². The number of carboxylic acids is 1. The van der Waals surface area contributed by atoms with Gasteiger partial charge >= 0.3 is 5.97 Å². The predicted octanol–water partition coefficient (Wildman–Crippen LogP) is 4.07. The molecule has 3 N–H and O–H groups in total. The zero-order chi connectivity index (χ0) is 24.2. The van der Waals surface area contributed by atoms with E-state index in [0.29, 0.717) is 22.6 Å². The van der Waals surface area contributed by atoms with Gasteiger partial charge in [-0.3, -0.25) is 9.59 Å². The highest BCUT2D eigenvalue weighted by molar-refractivity contribution is 5.93. The number of hydrogen-bond acceptors (Lipinski definition) is 5. The molecule has 0 bridgehead atoms. The van der Waals surface area contributed by atoms with Crippen molar-refractivity contribution < 1.29 is 28.9 Å². The van der Waals surface area contributed by atoms with Gasteiger partial charge in [-0.15, -0.1) is 0 Å². The number of ether oxygens (including phenoxy) is 1. The van der Waals surface area contributed by atoms with Crippen LogP contribution in [0.2, 0.25) is 0 Å². The molecule has 172 valence electrons. The van der Waals surface area contributed by atoms with Crippen LogP contribution in [-0.2, 0) is 10.4 Å². The molecule has 2 aromatic carbocycles. The fraction of sp³-hybridized carbons (Fsp3) is 0.240. The van der Waals surface area contributed by atoms with E-state index in [-0.39, 0.29) is 11.3 Å². The number of hydrogen-bond donors (Lipinski definition) is 3. The van der Waals surface area contributed by atoms with Crippen LogP contribution in [0.4, 0.5) is 4.39 Å². The standard InChI is InChI=1S/C25H25FN2O5/c1-25(2,32)16-8-6-7-15(13-16)23-21(33-3)12-11-19(27-23)24(31)28-20(14-22(29)30)17-9-4-5-10-18(17)26/h4-13,20,32H,14H2,1-3H3,(H,28,31)(H,29,30)/t20-/m0/s1. The summed E-state index contributed by atoms with van der Waals surface area (Å²) in [5, 5.41) is 22.2. The number of aliphatic hydroxyl groups is 1. The van der Waals surface area contributed by atoms with E-state index in [2.05, 4.69) is 10.3 Å². The van der Waals surface area contributed by atoms with E-state index in [4.69, 9.17) is 4.74 Å². The molecular weight excluding hydrogens is 427 g/mol. The van der Waals surface area contributed by atoms with Gasteiger partial charge < -0.3 is 20.3 Å². The molecule has 33 heavy (non-hydrogen) atoms. The Bertz CT molecular complexity index is 1170. The molecule has 3 rings (SSSR count). The number of carboxylic acid groups (broad SMARTS) is 1. The number of nitrogens with one attached hydrogen (secondary N) is 1. The number of carbonyl (C=O) groups is 2. The van der Waals surface area contributed by atoms with Crippen LogP contribution in [0.1, 0.15) is 47.9 Å². The molecule has 0 fully saturated rings. The lowest BCUT2D eigenvalue weighted by Crippen LogP contribution is -2.31. The maximum absolute atomic E-state index is 14.3. The number of aromatic nitrogens is 1. The number of halogens is 1. The van der Waals surface area contributed by atoms with E-state index in [1.807, 2.05) is 0 Å². The molecular formula is C25H25FN2O5. The smallest absolute Gasteiger partial charge is 0.305 e. The Labute approximate surface area is 190 Å². The highest BCUT2D eigenvalue weighted by Crippen LogP contribution is 2.31. The largest absolute Gasteiger partial charge is 0.494 e. The fourth-order valence-electron chi connectivity index (χ4n) is 3.39. The minimum atomic E-state index is -1.18. The highest BCUT2D eigenvalue weighted by Gasteiger charge is 2.23. The summed E-state index contributed by atoms with van der Waals surface area (Å²) in [5.74, 6) is -2.05. The number of pyridine rings is 1. The van der Waals surface area contributed by atoms with E-state index in [1.165, 1.54) is 31.4 Å². The minimum absolute atomic E-state index is 0.00573. The number of carbonyl (C=O) groups excluding carboxylic acids is 1. The van der Waals surface area contributed by atoms with Crippen LogP contribution in [-0.4, -0.2) is 34.2 Å². The molecule has 0 aliphatic carbocycles. The second kappa shape index (κ2) is 9.79. The van der Waals surface area contributed by atoms with Crippen LogP contribution < -0.4 is 10.1 Å². The molecule has 8 heteroatoms. The van der Waals surface area contributed by atoms with Gasteiger partial charge in [-0.2, -0.15) is 0 Å². The van der Waals surface area contributed by atoms with Gasteiger partial charge in [0.05, 0.1) is 25.2 Å². The average Bonchev–Trinajstić information content (AvgIpc) is 2.77. The Kier molecular flexibility index (Phi) is 7.08. The molecule has 0 unspecified atom stereocenters. The summed E-state index contributed by atoms with van der Waals surface area (Å²) in [4.78, 5) is 28.7. The van der Waals surface area contributed by atoms with Crippen molar-refractivity contribution in [3.8, 4) is 17.0 Å². The van der Waals surface area contributed by atoms with Crippen LogP contribution >= 0.6 is 0 Å². The molecule has 0 aliphatic rings. The molecule has 1 amide bonds. The second-order valence-corrected chi connectivity index (χ2v) is 8.03. The zero-order valence-electron chi connectivity index (χ0n) is 18.5. The number of benzene rings is 2. The van der Waals surface area contributed by atoms with Gasteiger partial charge in [0.2, 0.25) is 0 Å². The highest BCUT2D eigenvalue weighted by atomic mass is 19.1. The number of amides is 1. The number of rotatable bonds is 8. The lowest BCUT2D eigenvalue weighted by Gasteiger charge is -2.20. The van der Waals surface area contributed by atoms with Gasteiger partial charge in [0.1, 0.15) is 23.0 Å². The van der Waals surface area contributed by atoms with Crippen molar-refractivity contribution in [3.63, 3.8) is 0 Å². The molecule has 0 saturated heterocycles. The molecule has 1 atom stereocenters. The summed E-state index contributed by atoms with van der Waals surface area (Å²) in [5.41, 5.74) is 0.641. The summed E-state index contributed by atoms with van der Waals surface area (Å²) in [6, 6.07) is 14.7. The van der Waals surface area contributed by atoms with Crippen LogP contribution in [0, 0.1) is 5.82 Å². The Morgan fingerprint density at radius 3 is 2.48 bits per heavy atom. The molecule has 0 aliphatic heterocycles. The van der Waals surface area contributed by atoms with E-state index >= 15 is 0 Å². The maximum atomic E-state index is 14.3. The molecule has 0 spiro atoms. The van der Waals surface area contributed by atoms with Crippen LogP contribution in [0.25, 0.3) is 11.3 Å². The van der Waals surface area contributed by atoms with Gasteiger partial charge in [-0.25, -0.2) is 9.37 Å². The Balaban J connectivity index is 1.97.